The summed E-state index contributed by atoms with van der Waals surface area (Å²) < 4.78 is 18.7. The number of carboxylic acids is 1. The molecule has 2 atom stereocenters. The van der Waals surface area contributed by atoms with Crippen LogP contribution in [0.4, 0.5) is 4.39 Å². The smallest absolute Gasteiger partial charge is 0.323 e. The van der Waals surface area contributed by atoms with Crippen molar-refractivity contribution in [2.45, 2.75) is 38.3 Å². The first kappa shape index (κ1) is 14.8. The zero-order chi connectivity index (χ0) is 14.9. The number of methoxy groups -OCH3 is 1. The van der Waals surface area contributed by atoms with Crippen LogP contribution in [0.2, 0.25) is 0 Å². The molecule has 1 aromatic carbocycles. The number of benzene rings is 1. The number of hydrogen-bond acceptors (Lipinski definition) is 3. The topological polar surface area (TPSA) is 49.8 Å². The van der Waals surface area contributed by atoms with Crippen LogP contribution in [0.1, 0.15) is 38.3 Å². The van der Waals surface area contributed by atoms with Gasteiger partial charge in [-0.15, -0.1) is 0 Å². The third-order valence-corrected chi connectivity index (χ3v) is 4.28. The predicted octanol–water partition coefficient (Wildman–Crippen LogP) is 2.83. The molecule has 2 rings (SSSR count). The molecule has 1 heterocycles. The molecule has 4 nitrogen and oxygen atoms in total. The van der Waals surface area contributed by atoms with Gasteiger partial charge < -0.3 is 9.84 Å². The predicted molar refractivity (Wildman–Crippen MR) is 73.3 cm³/mol. The van der Waals surface area contributed by atoms with Crippen molar-refractivity contribution >= 4 is 5.97 Å². The Labute approximate surface area is 118 Å². The molecule has 0 aliphatic carbocycles. The second-order valence-electron chi connectivity index (χ2n) is 5.45. The minimum absolute atomic E-state index is 0.154. The third kappa shape index (κ3) is 2.38. The fraction of sp³-hybridized carbons (Fsp3) is 0.533. The van der Waals surface area contributed by atoms with Gasteiger partial charge in [-0.3, -0.25) is 9.69 Å². The van der Waals surface area contributed by atoms with Crippen LogP contribution in [0.15, 0.2) is 18.2 Å². The molecule has 1 aromatic rings. The van der Waals surface area contributed by atoms with E-state index in [2.05, 4.69) is 0 Å². The van der Waals surface area contributed by atoms with Crippen molar-refractivity contribution in [3.63, 3.8) is 0 Å². The highest BCUT2D eigenvalue weighted by molar-refractivity contribution is 5.78. The zero-order valence-corrected chi connectivity index (χ0v) is 12.0. The minimum atomic E-state index is -0.879. The number of likely N-dealkylation sites (tertiary alicyclic amines) is 1. The number of carboxylic acid groups (broad SMARTS) is 1. The lowest BCUT2D eigenvalue weighted by atomic mass is 9.96. The van der Waals surface area contributed by atoms with E-state index in [9.17, 15) is 14.3 Å². The molecule has 2 unspecified atom stereocenters. The van der Waals surface area contributed by atoms with E-state index in [1.807, 2.05) is 11.8 Å². The summed E-state index contributed by atoms with van der Waals surface area (Å²) in [6, 6.07) is 4.63. The summed E-state index contributed by atoms with van der Waals surface area (Å²) in [4.78, 5) is 13.4. The monoisotopic (exact) mass is 281 g/mol. The lowest BCUT2D eigenvalue weighted by Crippen LogP contribution is -2.48. The molecule has 1 aliphatic rings. The summed E-state index contributed by atoms with van der Waals surface area (Å²) >= 11 is 0. The standard InChI is InChI=1S/C15H20FNO3/c1-10(11-5-6-13(20-3)12(16)9-11)17-8-4-7-15(17,2)14(18)19/h5-6,9-10H,4,7-8H2,1-3H3,(H,18,19). The van der Waals surface area contributed by atoms with Crippen LogP contribution in [0, 0.1) is 5.82 Å². The number of nitrogens with zero attached hydrogens (tertiary/aromatic N) is 1. The number of hydrogen-bond donors (Lipinski definition) is 1. The lowest BCUT2D eigenvalue weighted by Gasteiger charge is -2.36. The Balaban J connectivity index is 2.29. The highest BCUT2D eigenvalue weighted by Crippen LogP contribution is 2.37. The Morgan fingerprint density at radius 3 is 2.80 bits per heavy atom. The largest absolute Gasteiger partial charge is 0.494 e. The van der Waals surface area contributed by atoms with E-state index in [4.69, 9.17) is 4.74 Å². The molecule has 1 aliphatic heterocycles. The summed E-state index contributed by atoms with van der Waals surface area (Å²) in [5.74, 6) is -1.05. The van der Waals surface area contributed by atoms with Crippen molar-refractivity contribution in [2.75, 3.05) is 13.7 Å². The Bertz CT molecular complexity index is 520. The lowest BCUT2D eigenvalue weighted by molar-refractivity contribution is -0.149. The summed E-state index contributed by atoms with van der Waals surface area (Å²) in [6.07, 6.45) is 1.46. The van der Waals surface area contributed by atoms with Gasteiger partial charge in [0, 0.05) is 6.04 Å². The maximum absolute atomic E-state index is 13.8. The van der Waals surface area contributed by atoms with Crippen molar-refractivity contribution in [1.82, 2.24) is 4.90 Å². The highest BCUT2D eigenvalue weighted by atomic mass is 19.1. The Morgan fingerprint density at radius 2 is 2.25 bits per heavy atom. The number of rotatable bonds is 4. The molecule has 1 saturated heterocycles. The number of ether oxygens (including phenoxy) is 1. The van der Waals surface area contributed by atoms with Crippen molar-refractivity contribution in [2.24, 2.45) is 0 Å². The summed E-state index contributed by atoms with van der Waals surface area (Å²) in [5.41, 5.74) is -0.117. The van der Waals surface area contributed by atoms with Crippen molar-refractivity contribution in [3.8, 4) is 5.75 Å². The van der Waals surface area contributed by atoms with Gasteiger partial charge in [0.25, 0.3) is 0 Å². The zero-order valence-electron chi connectivity index (χ0n) is 12.0. The Kier molecular flexibility index (Phi) is 3.99. The molecule has 0 spiro atoms. The van der Waals surface area contributed by atoms with Gasteiger partial charge in [0.1, 0.15) is 5.54 Å². The van der Waals surface area contributed by atoms with Gasteiger partial charge in [-0.05, 0) is 50.9 Å². The maximum Gasteiger partial charge on any atom is 0.323 e. The molecule has 20 heavy (non-hydrogen) atoms. The number of carbonyl (C=O) groups is 1. The first-order chi connectivity index (χ1) is 9.40. The van der Waals surface area contributed by atoms with Crippen LogP contribution >= 0.6 is 0 Å². The van der Waals surface area contributed by atoms with Crippen LogP contribution in [-0.2, 0) is 4.79 Å². The quantitative estimate of drug-likeness (QED) is 0.922. The first-order valence-corrected chi connectivity index (χ1v) is 6.73. The summed E-state index contributed by atoms with van der Waals surface area (Å²) in [5, 5.41) is 9.44. The van der Waals surface area contributed by atoms with Gasteiger partial charge >= 0.3 is 5.97 Å². The van der Waals surface area contributed by atoms with Gasteiger partial charge in [0.15, 0.2) is 11.6 Å². The highest BCUT2D eigenvalue weighted by Gasteiger charge is 2.45. The van der Waals surface area contributed by atoms with Gasteiger partial charge in [-0.2, -0.15) is 0 Å². The molecule has 0 bridgehead atoms. The molecule has 0 aromatic heterocycles. The van der Waals surface area contributed by atoms with Gasteiger partial charge in [0.2, 0.25) is 0 Å². The normalized spacial score (nSPS) is 24.6. The molecule has 0 amide bonds. The molecule has 1 fully saturated rings. The first-order valence-electron chi connectivity index (χ1n) is 6.73. The molecule has 0 radical (unpaired) electrons. The Hall–Kier alpha value is -1.62. The summed E-state index contributed by atoms with van der Waals surface area (Å²) in [7, 11) is 1.42. The van der Waals surface area contributed by atoms with Crippen LogP contribution in [0.5, 0.6) is 5.75 Å². The van der Waals surface area contributed by atoms with Crippen LogP contribution in [0.3, 0.4) is 0 Å². The van der Waals surface area contributed by atoms with E-state index >= 15 is 0 Å². The average Bonchev–Trinajstić information content (AvgIpc) is 2.81. The van der Waals surface area contributed by atoms with Crippen molar-refractivity contribution in [1.29, 1.82) is 0 Å². The second kappa shape index (κ2) is 5.40. The third-order valence-electron chi connectivity index (χ3n) is 4.28. The molecular weight excluding hydrogens is 261 g/mol. The van der Waals surface area contributed by atoms with Gasteiger partial charge in [-0.25, -0.2) is 4.39 Å². The van der Waals surface area contributed by atoms with Crippen molar-refractivity contribution < 1.29 is 19.0 Å². The van der Waals surface area contributed by atoms with Crippen LogP contribution < -0.4 is 4.74 Å². The summed E-state index contributed by atoms with van der Waals surface area (Å²) in [6.45, 7) is 4.35. The molecule has 5 heteroatoms. The minimum Gasteiger partial charge on any atom is -0.494 e. The van der Waals surface area contributed by atoms with Gasteiger partial charge in [0.05, 0.1) is 7.11 Å². The molecule has 110 valence electrons. The van der Waals surface area contributed by atoms with E-state index < -0.39 is 17.3 Å². The number of aliphatic carboxylic acids is 1. The van der Waals surface area contributed by atoms with Crippen LogP contribution in [-0.4, -0.2) is 35.2 Å². The Morgan fingerprint density at radius 1 is 1.55 bits per heavy atom. The number of halogens is 1. The maximum atomic E-state index is 13.8. The van der Waals surface area contributed by atoms with E-state index in [0.717, 1.165) is 12.0 Å². The molecule has 1 N–H and O–H groups in total. The van der Waals surface area contributed by atoms with Crippen LogP contribution in [0.25, 0.3) is 0 Å². The fourth-order valence-corrected chi connectivity index (χ4v) is 2.96. The fourth-order valence-electron chi connectivity index (χ4n) is 2.96. The molecule has 0 saturated carbocycles. The average molecular weight is 281 g/mol. The van der Waals surface area contributed by atoms with E-state index in [-0.39, 0.29) is 11.8 Å². The van der Waals surface area contributed by atoms with E-state index in [0.29, 0.717) is 13.0 Å². The second-order valence-corrected chi connectivity index (χ2v) is 5.45. The van der Waals surface area contributed by atoms with Crippen molar-refractivity contribution in [3.05, 3.63) is 29.6 Å². The SMILES string of the molecule is COc1ccc(C(C)N2CCCC2(C)C(=O)O)cc1F. The van der Waals surface area contributed by atoms with E-state index in [1.165, 1.54) is 13.2 Å². The van der Waals surface area contributed by atoms with Gasteiger partial charge in [-0.1, -0.05) is 6.07 Å². The molecular formula is C15H20FNO3. The van der Waals surface area contributed by atoms with E-state index in [1.54, 1.807) is 19.1 Å².